The molecule has 1 aromatic heterocycles. The first-order chi connectivity index (χ1) is 15.9. The lowest BCUT2D eigenvalue weighted by Gasteiger charge is -2.13. The van der Waals surface area contributed by atoms with Gasteiger partial charge in [-0.05, 0) is 31.2 Å². The minimum atomic E-state index is -0.157. The zero-order valence-electron chi connectivity index (χ0n) is 18.9. The van der Waals surface area contributed by atoms with Crippen molar-refractivity contribution in [2.75, 3.05) is 33.8 Å². The van der Waals surface area contributed by atoms with Gasteiger partial charge in [-0.1, -0.05) is 0 Å². The Morgan fingerprint density at radius 3 is 2.24 bits per heavy atom. The van der Waals surface area contributed by atoms with Crippen molar-refractivity contribution in [3.8, 4) is 40.3 Å². The molecule has 0 radical (unpaired) electrons. The number of benzene rings is 2. The number of allylic oxidation sites excluding steroid dienone is 1. The van der Waals surface area contributed by atoms with Crippen LogP contribution in [0.2, 0.25) is 0 Å². The zero-order valence-corrected chi connectivity index (χ0v) is 19.7. The number of nitrogens with one attached hydrogen (secondary N) is 1. The van der Waals surface area contributed by atoms with Gasteiger partial charge in [0.25, 0.3) is 0 Å². The number of carbonyl (C=O) groups excluding carboxylic acids is 1. The van der Waals surface area contributed by atoms with Crippen LogP contribution in [0, 0.1) is 11.3 Å². The number of Topliss-reactive ketones (excluding diaryl/α,β-unsaturated/α-hetero) is 1. The highest BCUT2D eigenvalue weighted by Gasteiger charge is 2.15. The number of ether oxygens (including phenoxy) is 4. The molecule has 9 heteroatoms. The van der Waals surface area contributed by atoms with E-state index in [1.165, 1.54) is 38.7 Å². The van der Waals surface area contributed by atoms with Gasteiger partial charge in [0.1, 0.15) is 16.6 Å². The van der Waals surface area contributed by atoms with Gasteiger partial charge in [0.2, 0.25) is 0 Å². The first-order valence-corrected chi connectivity index (χ1v) is 10.7. The molecule has 0 saturated carbocycles. The fraction of sp³-hybridized carbons (Fsp3) is 0.208. The predicted octanol–water partition coefficient (Wildman–Crippen LogP) is 5.02. The molecule has 1 N–H and O–H groups in total. The Morgan fingerprint density at radius 2 is 1.64 bits per heavy atom. The van der Waals surface area contributed by atoms with Crippen LogP contribution in [-0.4, -0.2) is 39.2 Å². The highest BCUT2D eigenvalue weighted by atomic mass is 32.1. The van der Waals surface area contributed by atoms with Crippen LogP contribution < -0.4 is 24.3 Å². The lowest BCUT2D eigenvalue weighted by atomic mass is 10.1. The summed E-state index contributed by atoms with van der Waals surface area (Å²) in [5.74, 6) is 1.96. The summed E-state index contributed by atoms with van der Waals surface area (Å²) in [4.78, 5) is 16.7. The van der Waals surface area contributed by atoms with Crippen molar-refractivity contribution in [3.63, 3.8) is 0 Å². The molecule has 3 rings (SSSR count). The average molecular weight is 466 g/mol. The summed E-state index contributed by atoms with van der Waals surface area (Å²) < 4.78 is 21.2. The molecule has 0 fully saturated rings. The van der Waals surface area contributed by atoms with Gasteiger partial charge >= 0.3 is 0 Å². The van der Waals surface area contributed by atoms with Crippen molar-refractivity contribution in [2.45, 2.75) is 6.92 Å². The van der Waals surface area contributed by atoms with Crippen LogP contribution in [0.4, 0.5) is 5.69 Å². The number of rotatable bonds is 9. The van der Waals surface area contributed by atoms with Crippen LogP contribution in [0.15, 0.2) is 41.9 Å². The van der Waals surface area contributed by atoms with Crippen LogP contribution in [0.25, 0.3) is 16.8 Å². The standard InChI is InChI=1S/C24H23N3O5S/c1-14(28)17-9-22(31-4)23(32-5)10-18(17)26-12-16(11-25)24-27-19(13-33-24)15-6-7-20(29-2)21(8-15)30-3/h6-10,12-13,26H,1-5H3. The average Bonchev–Trinajstić information content (AvgIpc) is 3.33. The lowest BCUT2D eigenvalue weighted by Crippen LogP contribution is -2.03. The number of aromatic nitrogens is 1. The Morgan fingerprint density at radius 1 is 1.00 bits per heavy atom. The maximum Gasteiger partial charge on any atom is 0.162 e. The van der Waals surface area contributed by atoms with E-state index in [-0.39, 0.29) is 5.78 Å². The van der Waals surface area contributed by atoms with Gasteiger partial charge in [0.15, 0.2) is 28.8 Å². The number of nitrogens with zero attached hydrogens (tertiary/aromatic N) is 2. The van der Waals surface area contributed by atoms with E-state index in [2.05, 4.69) is 16.4 Å². The molecule has 0 aliphatic rings. The fourth-order valence-corrected chi connectivity index (χ4v) is 3.90. The van der Waals surface area contributed by atoms with E-state index in [9.17, 15) is 10.1 Å². The molecule has 1 heterocycles. The largest absolute Gasteiger partial charge is 0.493 e. The normalized spacial score (nSPS) is 10.8. The van der Waals surface area contributed by atoms with Crippen molar-refractivity contribution in [1.29, 1.82) is 5.26 Å². The number of thiazole rings is 1. The summed E-state index contributed by atoms with van der Waals surface area (Å²) in [6, 6.07) is 10.9. The summed E-state index contributed by atoms with van der Waals surface area (Å²) >= 11 is 1.33. The van der Waals surface area contributed by atoms with Crippen LogP contribution in [-0.2, 0) is 0 Å². The minimum Gasteiger partial charge on any atom is -0.493 e. The quantitative estimate of drug-likeness (QED) is 0.347. The maximum absolute atomic E-state index is 12.1. The first-order valence-electron chi connectivity index (χ1n) is 9.77. The first kappa shape index (κ1) is 23.6. The number of methoxy groups -OCH3 is 4. The van der Waals surface area contributed by atoms with E-state index < -0.39 is 0 Å². The second-order valence-corrected chi connectivity index (χ2v) is 7.59. The number of hydrogen-bond donors (Lipinski definition) is 1. The van der Waals surface area contributed by atoms with Gasteiger partial charge in [-0.3, -0.25) is 4.79 Å². The molecule has 0 aliphatic carbocycles. The van der Waals surface area contributed by atoms with E-state index >= 15 is 0 Å². The van der Waals surface area contributed by atoms with Crippen LogP contribution in [0.1, 0.15) is 22.3 Å². The van der Waals surface area contributed by atoms with Gasteiger partial charge in [-0.25, -0.2) is 4.98 Å². The minimum absolute atomic E-state index is 0.157. The van der Waals surface area contributed by atoms with Crippen molar-refractivity contribution in [1.82, 2.24) is 4.98 Å². The number of anilines is 1. The second-order valence-electron chi connectivity index (χ2n) is 6.73. The molecule has 170 valence electrons. The summed E-state index contributed by atoms with van der Waals surface area (Å²) in [7, 11) is 6.16. The maximum atomic E-state index is 12.1. The fourth-order valence-electron chi connectivity index (χ4n) is 3.11. The van der Waals surface area contributed by atoms with Crippen molar-refractivity contribution in [2.24, 2.45) is 0 Å². The topological polar surface area (TPSA) is 103 Å². The van der Waals surface area contributed by atoms with Gasteiger partial charge in [0, 0.05) is 28.8 Å². The predicted molar refractivity (Wildman–Crippen MR) is 127 cm³/mol. The molecule has 33 heavy (non-hydrogen) atoms. The van der Waals surface area contributed by atoms with Gasteiger partial charge in [0.05, 0.1) is 39.8 Å². The SMILES string of the molecule is COc1ccc(-c2csc(C(C#N)=CNc3cc(OC)c(OC)cc3C(C)=O)n2)cc1OC. The molecule has 3 aromatic rings. The Hall–Kier alpha value is -4.03. The van der Waals surface area contributed by atoms with E-state index in [0.29, 0.717) is 50.5 Å². The molecule has 8 nitrogen and oxygen atoms in total. The molecule has 0 atom stereocenters. The Labute approximate surface area is 196 Å². The number of ketones is 1. The number of hydrogen-bond acceptors (Lipinski definition) is 9. The summed E-state index contributed by atoms with van der Waals surface area (Å²) in [5, 5.41) is 15.1. The van der Waals surface area contributed by atoms with E-state index in [1.54, 1.807) is 32.4 Å². The Balaban J connectivity index is 1.93. The molecule has 0 aliphatic heterocycles. The van der Waals surface area contributed by atoms with E-state index in [0.717, 1.165) is 5.56 Å². The van der Waals surface area contributed by atoms with Crippen molar-refractivity contribution < 1.29 is 23.7 Å². The van der Waals surface area contributed by atoms with Gasteiger partial charge in [-0.2, -0.15) is 5.26 Å². The third-order valence-corrected chi connectivity index (χ3v) is 5.68. The second kappa shape index (κ2) is 10.5. The van der Waals surface area contributed by atoms with Crippen LogP contribution >= 0.6 is 11.3 Å². The van der Waals surface area contributed by atoms with E-state index in [4.69, 9.17) is 18.9 Å². The molecule has 0 saturated heterocycles. The van der Waals surface area contributed by atoms with Crippen molar-refractivity contribution >= 4 is 28.4 Å². The Bertz CT molecular complexity index is 1240. The number of nitriles is 1. The van der Waals surface area contributed by atoms with E-state index in [1.807, 2.05) is 17.5 Å². The molecular formula is C24H23N3O5S. The summed E-state index contributed by atoms with van der Waals surface area (Å²) in [6.45, 7) is 1.46. The molecular weight excluding hydrogens is 442 g/mol. The Kier molecular flexibility index (Phi) is 7.53. The molecule has 0 unspecified atom stereocenters. The third kappa shape index (κ3) is 5.07. The molecule has 0 bridgehead atoms. The molecule has 0 amide bonds. The van der Waals surface area contributed by atoms with Gasteiger partial charge < -0.3 is 24.3 Å². The zero-order chi connectivity index (χ0) is 24.0. The smallest absolute Gasteiger partial charge is 0.162 e. The highest BCUT2D eigenvalue weighted by molar-refractivity contribution is 7.11. The van der Waals surface area contributed by atoms with Crippen LogP contribution in [0.3, 0.4) is 0 Å². The monoisotopic (exact) mass is 465 g/mol. The highest BCUT2D eigenvalue weighted by Crippen LogP contribution is 2.35. The third-order valence-electron chi connectivity index (χ3n) is 4.81. The summed E-state index contributed by atoms with van der Waals surface area (Å²) in [5.41, 5.74) is 2.75. The summed E-state index contributed by atoms with van der Waals surface area (Å²) in [6.07, 6.45) is 1.52. The lowest BCUT2D eigenvalue weighted by molar-refractivity contribution is 0.101. The molecule has 0 spiro atoms. The van der Waals surface area contributed by atoms with Crippen LogP contribution in [0.5, 0.6) is 23.0 Å². The molecule has 2 aromatic carbocycles. The number of carbonyl (C=O) groups is 1. The van der Waals surface area contributed by atoms with Crippen molar-refractivity contribution in [3.05, 3.63) is 52.5 Å². The van der Waals surface area contributed by atoms with Gasteiger partial charge in [-0.15, -0.1) is 11.3 Å².